The zero-order chi connectivity index (χ0) is 19.2. The summed E-state index contributed by atoms with van der Waals surface area (Å²) in [5, 5.41) is 11.1. The predicted octanol–water partition coefficient (Wildman–Crippen LogP) is 3.41. The molecule has 0 aliphatic rings. The Labute approximate surface area is 169 Å². The van der Waals surface area contributed by atoms with Crippen LogP contribution in [-0.4, -0.2) is 36.8 Å². The highest BCUT2D eigenvalue weighted by atomic mass is 35.5. The molecule has 0 atom stereocenters. The van der Waals surface area contributed by atoms with Gasteiger partial charge in [0.2, 0.25) is 15.4 Å². The van der Waals surface area contributed by atoms with Gasteiger partial charge in [-0.15, -0.1) is 10.2 Å². The van der Waals surface area contributed by atoms with E-state index in [-0.39, 0.29) is 28.3 Å². The van der Waals surface area contributed by atoms with Crippen molar-refractivity contribution in [2.45, 2.75) is 23.4 Å². The van der Waals surface area contributed by atoms with Crippen molar-refractivity contribution < 1.29 is 13.2 Å². The maximum absolute atomic E-state index is 12.2. The molecular weight excluding hydrogens is 439 g/mol. The highest BCUT2D eigenvalue weighted by Crippen LogP contribution is 2.28. The van der Waals surface area contributed by atoms with Crippen LogP contribution in [0.4, 0.5) is 5.13 Å². The number of halogens is 2. The molecule has 0 fully saturated rings. The van der Waals surface area contributed by atoms with E-state index in [1.54, 1.807) is 25.1 Å². The lowest BCUT2D eigenvalue weighted by Crippen LogP contribution is -2.26. The Morgan fingerprint density at radius 3 is 2.62 bits per heavy atom. The highest BCUT2D eigenvalue weighted by molar-refractivity contribution is 7.98. The predicted molar refractivity (Wildman–Crippen MR) is 107 cm³/mol. The Morgan fingerprint density at radius 1 is 1.27 bits per heavy atom. The summed E-state index contributed by atoms with van der Waals surface area (Å²) in [4.78, 5) is 11.3. The van der Waals surface area contributed by atoms with Gasteiger partial charge in [-0.2, -0.15) is 11.8 Å². The van der Waals surface area contributed by atoms with Crippen molar-refractivity contribution >= 4 is 67.4 Å². The summed E-state index contributed by atoms with van der Waals surface area (Å²) in [6, 6.07) is 5.29. The lowest BCUT2D eigenvalue weighted by atomic mass is 10.2. The number of thioether (sulfide) groups is 1. The summed E-state index contributed by atoms with van der Waals surface area (Å²) >= 11 is 14.5. The number of carbonyl (C=O) groups excluding carboxylic acids is 1. The second-order valence-electron chi connectivity index (χ2n) is 4.93. The summed E-state index contributed by atoms with van der Waals surface area (Å²) < 4.78 is 26.6. The van der Waals surface area contributed by atoms with Crippen LogP contribution in [0.25, 0.3) is 0 Å². The van der Waals surface area contributed by atoms with Crippen LogP contribution in [0.1, 0.15) is 18.9 Å². The van der Waals surface area contributed by atoms with Crippen LogP contribution >= 0.6 is 46.3 Å². The number of hydrogen-bond acceptors (Lipinski definition) is 7. The first-order valence-corrected chi connectivity index (χ1v) is 11.7. The van der Waals surface area contributed by atoms with Crippen LogP contribution in [0.15, 0.2) is 22.5 Å². The van der Waals surface area contributed by atoms with Crippen LogP contribution < -0.4 is 10.0 Å². The van der Waals surface area contributed by atoms with E-state index in [4.69, 9.17) is 23.2 Å². The van der Waals surface area contributed by atoms with E-state index in [1.165, 1.54) is 11.8 Å². The molecule has 2 rings (SSSR count). The first kappa shape index (κ1) is 21.4. The Balaban J connectivity index is 1.82. The minimum absolute atomic E-state index is 0.153. The molecule has 1 heterocycles. The topological polar surface area (TPSA) is 101 Å². The number of hydrogen-bond donors (Lipinski definition) is 2. The van der Waals surface area contributed by atoms with Gasteiger partial charge in [0.05, 0.1) is 0 Å². The van der Waals surface area contributed by atoms with Gasteiger partial charge in [0.25, 0.3) is 10.0 Å². The largest absolute Gasteiger partial charge is 0.301 e. The molecule has 0 aliphatic carbocycles. The molecule has 1 aromatic carbocycles. The smallest absolute Gasteiger partial charge is 0.269 e. The molecule has 0 bridgehead atoms. The number of sulfonamides is 1. The summed E-state index contributed by atoms with van der Waals surface area (Å²) in [6.07, 6.45) is 0.270. The fourth-order valence-electron chi connectivity index (χ4n) is 1.73. The Kier molecular flexibility index (Phi) is 8.11. The number of anilines is 1. The highest BCUT2D eigenvalue weighted by Gasteiger charge is 2.20. The van der Waals surface area contributed by atoms with E-state index in [9.17, 15) is 13.2 Å². The summed E-state index contributed by atoms with van der Waals surface area (Å²) in [5.41, 5.74) is 0.823. The molecule has 0 radical (unpaired) electrons. The monoisotopic (exact) mass is 454 g/mol. The average Bonchev–Trinajstić information content (AvgIpc) is 3.06. The molecule has 1 amide bonds. The number of amides is 1. The molecule has 0 saturated carbocycles. The Bertz CT molecular complexity index is 854. The van der Waals surface area contributed by atoms with Crippen LogP contribution in [0.2, 0.25) is 10.0 Å². The quantitative estimate of drug-likeness (QED) is 0.444. The molecule has 12 heteroatoms. The van der Waals surface area contributed by atoms with Crippen LogP contribution in [-0.2, 0) is 20.6 Å². The number of rotatable bonds is 9. The van der Waals surface area contributed by atoms with Crippen LogP contribution in [0.3, 0.4) is 0 Å². The van der Waals surface area contributed by atoms with Crippen molar-refractivity contribution in [3.8, 4) is 0 Å². The van der Waals surface area contributed by atoms with Crippen molar-refractivity contribution in [1.82, 2.24) is 14.9 Å². The maximum atomic E-state index is 12.2. The van der Waals surface area contributed by atoms with E-state index in [0.29, 0.717) is 21.6 Å². The van der Waals surface area contributed by atoms with Gasteiger partial charge in [-0.05, 0) is 17.7 Å². The number of carbonyl (C=O) groups is 1. The number of nitrogens with one attached hydrogen (secondary N) is 2. The third-order valence-corrected chi connectivity index (χ3v) is 7.41. The summed E-state index contributed by atoms with van der Waals surface area (Å²) in [7, 11) is -3.77. The third-order valence-electron chi connectivity index (χ3n) is 3.05. The Morgan fingerprint density at radius 2 is 1.96 bits per heavy atom. The van der Waals surface area contributed by atoms with E-state index < -0.39 is 10.0 Å². The maximum Gasteiger partial charge on any atom is 0.269 e. The molecule has 7 nitrogen and oxygen atoms in total. The van der Waals surface area contributed by atoms with Crippen molar-refractivity contribution in [2.75, 3.05) is 17.6 Å². The van der Waals surface area contributed by atoms with Gasteiger partial charge < -0.3 is 5.32 Å². The van der Waals surface area contributed by atoms with Crippen LogP contribution in [0, 0.1) is 0 Å². The number of nitrogens with zero attached hydrogens (tertiary/aromatic N) is 2. The lowest BCUT2D eigenvalue weighted by Gasteiger charge is -2.07. The van der Waals surface area contributed by atoms with Gasteiger partial charge in [0, 0.05) is 34.5 Å². The molecule has 26 heavy (non-hydrogen) atoms. The molecule has 1 aromatic heterocycles. The fourth-order valence-corrected chi connectivity index (χ4v) is 5.44. The molecule has 0 saturated heterocycles. The van der Waals surface area contributed by atoms with Crippen molar-refractivity contribution in [3.05, 3.63) is 33.8 Å². The van der Waals surface area contributed by atoms with Gasteiger partial charge in [-0.1, -0.05) is 47.5 Å². The molecular formula is C14H16Cl2N4O3S3. The van der Waals surface area contributed by atoms with E-state index >= 15 is 0 Å². The molecule has 0 aliphatic heterocycles. The van der Waals surface area contributed by atoms with Gasteiger partial charge in [-0.25, -0.2) is 13.1 Å². The lowest BCUT2D eigenvalue weighted by molar-refractivity contribution is -0.115. The SMILES string of the molecule is CCC(=O)Nc1nnc(S(=O)(=O)NCCSCc2c(Cl)cccc2Cl)s1. The first-order valence-electron chi connectivity index (χ1n) is 7.47. The first-order chi connectivity index (χ1) is 12.3. The average molecular weight is 455 g/mol. The van der Waals surface area contributed by atoms with Crippen molar-refractivity contribution in [1.29, 1.82) is 0 Å². The zero-order valence-electron chi connectivity index (χ0n) is 13.7. The third kappa shape index (κ3) is 6.07. The minimum atomic E-state index is -3.77. The normalized spacial score (nSPS) is 11.5. The number of aromatic nitrogens is 2. The van der Waals surface area contributed by atoms with Crippen molar-refractivity contribution in [2.24, 2.45) is 0 Å². The molecule has 2 aromatic rings. The summed E-state index contributed by atoms with van der Waals surface area (Å²) in [6.45, 7) is 1.90. The second-order valence-corrected chi connectivity index (χ2v) is 9.76. The second kappa shape index (κ2) is 9.86. The van der Waals surface area contributed by atoms with Gasteiger partial charge >= 0.3 is 0 Å². The molecule has 142 valence electrons. The van der Waals surface area contributed by atoms with Gasteiger partial charge in [0.1, 0.15) is 0 Å². The van der Waals surface area contributed by atoms with E-state index in [1.807, 2.05) is 0 Å². The standard InChI is InChI=1S/C14H16Cl2N4O3S3/c1-2-12(21)18-13-19-20-14(25-13)26(22,23)17-6-7-24-8-9-10(15)4-3-5-11(9)16/h3-5,17H,2,6-8H2,1H3,(H,18,19,21). The minimum Gasteiger partial charge on any atom is -0.301 e. The Hall–Kier alpha value is -0.910. The van der Waals surface area contributed by atoms with E-state index in [0.717, 1.165) is 16.9 Å². The summed E-state index contributed by atoms with van der Waals surface area (Å²) in [5.74, 6) is 0.846. The number of benzene rings is 1. The molecule has 2 N–H and O–H groups in total. The van der Waals surface area contributed by atoms with E-state index in [2.05, 4.69) is 20.2 Å². The van der Waals surface area contributed by atoms with Gasteiger partial charge in [0.15, 0.2) is 0 Å². The molecule has 0 spiro atoms. The fraction of sp³-hybridized carbons (Fsp3) is 0.357. The zero-order valence-corrected chi connectivity index (χ0v) is 17.6. The van der Waals surface area contributed by atoms with Gasteiger partial charge in [-0.3, -0.25) is 4.79 Å². The van der Waals surface area contributed by atoms with Crippen molar-refractivity contribution in [3.63, 3.8) is 0 Å². The molecule has 0 unspecified atom stereocenters. The van der Waals surface area contributed by atoms with Crippen LogP contribution in [0.5, 0.6) is 0 Å².